The molecule has 2 aromatic heterocycles. The van der Waals surface area contributed by atoms with Crippen molar-refractivity contribution >= 4 is 11.2 Å². The molecule has 1 atom stereocenters. The minimum atomic E-state index is -0.231. The second kappa shape index (κ2) is 5.74. The molecular formula is C18H19FN4. The number of imidazole rings is 1. The molecule has 0 amide bonds. The van der Waals surface area contributed by atoms with Gasteiger partial charge in [0.05, 0.1) is 0 Å². The first-order chi connectivity index (χ1) is 11.3. The second-order valence-corrected chi connectivity index (χ2v) is 6.01. The molecule has 23 heavy (non-hydrogen) atoms. The molecule has 1 unspecified atom stereocenters. The lowest BCUT2D eigenvalue weighted by atomic mass is 10.1. The van der Waals surface area contributed by atoms with Crippen LogP contribution in [0.25, 0.3) is 16.9 Å². The highest BCUT2D eigenvalue weighted by molar-refractivity contribution is 5.74. The molecule has 0 radical (unpaired) electrons. The number of likely N-dealkylation sites (N-methyl/N-ethyl adjacent to an activating group) is 1. The fraction of sp³-hybridized carbons (Fsp3) is 0.333. The van der Waals surface area contributed by atoms with E-state index in [1.54, 1.807) is 18.3 Å². The van der Waals surface area contributed by atoms with Gasteiger partial charge in [0.1, 0.15) is 17.2 Å². The molecule has 1 aliphatic heterocycles. The van der Waals surface area contributed by atoms with E-state index in [1.807, 2.05) is 12.1 Å². The Labute approximate surface area is 134 Å². The smallest absolute Gasteiger partial charge is 0.164 e. The molecule has 1 aliphatic rings. The standard InChI is InChI=1S/C18H19FN4/c1-2-22-11-9-13(12-22)17-21-16-4-3-10-20-18(16)23(17)15-7-5-14(19)6-8-15/h3-8,10,13H,2,9,11-12H2,1H3. The molecule has 3 heterocycles. The first kappa shape index (κ1) is 14.3. The van der Waals surface area contributed by atoms with Gasteiger partial charge in [-0.3, -0.25) is 4.57 Å². The SMILES string of the molecule is CCN1CCC(c2nc3cccnc3n2-c2ccc(F)cc2)C1. The Bertz CT molecular complexity index is 825. The van der Waals surface area contributed by atoms with Crippen molar-refractivity contribution < 1.29 is 4.39 Å². The summed E-state index contributed by atoms with van der Waals surface area (Å²) in [4.78, 5) is 11.8. The lowest BCUT2D eigenvalue weighted by Crippen LogP contribution is -2.20. The molecule has 0 aliphatic carbocycles. The minimum absolute atomic E-state index is 0.231. The van der Waals surface area contributed by atoms with Crippen LogP contribution in [0.1, 0.15) is 25.1 Å². The Hall–Kier alpha value is -2.27. The summed E-state index contributed by atoms with van der Waals surface area (Å²) in [6.07, 6.45) is 2.87. The maximum Gasteiger partial charge on any atom is 0.164 e. The number of nitrogens with zero attached hydrogens (tertiary/aromatic N) is 4. The van der Waals surface area contributed by atoms with Gasteiger partial charge in [-0.05, 0) is 55.9 Å². The molecule has 0 spiro atoms. The topological polar surface area (TPSA) is 34.0 Å². The number of rotatable bonds is 3. The van der Waals surface area contributed by atoms with Gasteiger partial charge in [0.15, 0.2) is 5.65 Å². The number of hydrogen-bond donors (Lipinski definition) is 0. The van der Waals surface area contributed by atoms with Crippen molar-refractivity contribution in [3.8, 4) is 5.69 Å². The largest absolute Gasteiger partial charge is 0.303 e. The Morgan fingerprint density at radius 2 is 2.04 bits per heavy atom. The third-order valence-corrected chi connectivity index (χ3v) is 4.61. The zero-order chi connectivity index (χ0) is 15.8. The maximum absolute atomic E-state index is 13.3. The van der Waals surface area contributed by atoms with Gasteiger partial charge in [0.25, 0.3) is 0 Å². The number of likely N-dealkylation sites (tertiary alicyclic amines) is 1. The third-order valence-electron chi connectivity index (χ3n) is 4.61. The van der Waals surface area contributed by atoms with Crippen LogP contribution in [0.3, 0.4) is 0 Å². The van der Waals surface area contributed by atoms with Gasteiger partial charge in [-0.2, -0.15) is 0 Å². The zero-order valence-corrected chi connectivity index (χ0v) is 13.1. The first-order valence-corrected chi connectivity index (χ1v) is 8.08. The molecule has 1 saturated heterocycles. The summed E-state index contributed by atoms with van der Waals surface area (Å²) in [6, 6.07) is 10.4. The summed E-state index contributed by atoms with van der Waals surface area (Å²) in [5, 5.41) is 0. The molecule has 4 rings (SSSR count). The summed E-state index contributed by atoms with van der Waals surface area (Å²) in [7, 11) is 0. The van der Waals surface area contributed by atoms with Crippen molar-refractivity contribution in [2.24, 2.45) is 0 Å². The van der Waals surface area contributed by atoms with E-state index < -0.39 is 0 Å². The third kappa shape index (κ3) is 2.51. The summed E-state index contributed by atoms with van der Waals surface area (Å²) < 4.78 is 15.4. The molecule has 0 N–H and O–H groups in total. The van der Waals surface area contributed by atoms with Crippen LogP contribution in [0, 0.1) is 5.82 Å². The van der Waals surface area contributed by atoms with Gasteiger partial charge in [0, 0.05) is 24.3 Å². The average molecular weight is 310 g/mol. The van der Waals surface area contributed by atoms with Crippen molar-refractivity contribution in [1.82, 2.24) is 19.4 Å². The Balaban J connectivity index is 1.86. The number of benzene rings is 1. The van der Waals surface area contributed by atoms with E-state index in [9.17, 15) is 4.39 Å². The van der Waals surface area contributed by atoms with Gasteiger partial charge in [-0.1, -0.05) is 6.92 Å². The van der Waals surface area contributed by atoms with Crippen molar-refractivity contribution in [2.45, 2.75) is 19.3 Å². The number of pyridine rings is 1. The summed E-state index contributed by atoms with van der Waals surface area (Å²) in [5.74, 6) is 1.18. The quantitative estimate of drug-likeness (QED) is 0.744. The maximum atomic E-state index is 13.3. The normalized spacial score (nSPS) is 18.8. The molecule has 1 fully saturated rings. The van der Waals surface area contributed by atoms with Crippen LogP contribution in [0.5, 0.6) is 0 Å². The highest BCUT2D eigenvalue weighted by atomic mass is 19.1. The molecular weight excluding hydrogens is 291 g/mol. The fourth-order valence-electron chi connectivity index (χ4n) is 3.38. The van der Waals surface area contributed by atoms with Gasteiger partial charge in [-0.15, -0.1) is 0 Å². The van der Waals surface area contributed by atoms with E-state index in [1.165, 1.54) is 12.1 Å². The predicted octanol–water partition coefficient (Wildman–Crippen LogP) is 3.37. The summed E-state index contributed by atoms with van der Waals surface area (Å²) in [5.41, 5.74) is 2.64. The molecule has 0 saturated carbocycles. The van der Waals surface area contributed by atoms with Crippen molar-refractivity contribution in [3.05, 3.63) is 54.2 Å². The Morgan fingerprint density at radius 1 is 1.22 bits per heavy atom. The van der Waals surface area contributed by atoms with Crippen molar-refractivity contribution in [2.75, 3.05) is 19.6 Å². The lowest BCUT2D eigenvalue weighted by Gasteiger charge is -2.15. The van der Waals surface area contributed by atoms with Crippen molar-refractivity contribution in [1.29, 1.82) is 0 Å². The number of aromatic nitrogens is 3. The summed E-state index contributed by atoms with van der Waals surface area (Å²) >= 11 is 0. The van der Waals surface area contributed by atoms with E-state index in [0.29, 0.717) is 5.92 Å². The minimum Gasteiger partial charge on any atom is -0.303 e. The van der Waals surface area contributed by atoms with Gasteiger partial charge in [-0.25, -0.2) is 14.4 Å². The monoisotopic (exact) mass is 310 g/mol. The van der Waals surface area contributed by atoms with Crippen LogP contribution in [-0.4, -0.2) is 39.1 Å². The van der Waals surface area contributed by atoms with E-state index in [0.717, 1.165) is 48.7 Å². The number of fused-ring (bicyclic) bond motifs is 1. The van der Waals surface area contributed by atoms with Crippen LogP contribution in [-0.2, 0) is 0 Å². The average Bonchev–Trinajstić information content (AvgIpc) is 3.19. The van der Waals surface area contributed by atoms with Crippen LogP contribution in [0.2, 0.25) is 0 Å². The first-order valence-electron chi connectivity index (χ1n) is 8.08. The fourth-order valence-corrected chi connectivity index (χ4v) is 3.38. The molecule has 3 aromatic rings. The lowest BCUT2D eigenvalue weighted by molar-refractivity contribution is 0.352. The van der Waals surface area contributed by atoms with Crippen molar-refractivity contribution in [3.63, 3.8) is 0 Å². The van der Waals surface area contributed by atoms with Gasteiger partial charge < -0.3 is 4.90 Å². The molecule has 0 bridgehead atoms. The summed E-state index contributed by atoms with van der Waals surface area (Å²) in [6.45, 7) is 5.36. The van der Waals surface area contributed by atoms with Crippen LogP contribution in [0.4, 0.5) is 4.39 Å². The van der Waals surface area contributed by atoms with Gasteiger partial charge in [0.2, 0.25) is 0 Å². The Kier molecular flexibility index (Phi) is 3.58. The highest BCUT2D eigenvalue weighted by Gasteiger charge is 2.28. The zero-order valence-electron chi connectivity index (χ0n) is 13.1. The van der Waals surface area contributed by atoms with E-state index in [4.69, 9.17) is 4.98 Å². The molecule has 4 nitrogen and oxygen atoms in total. The van der Waals surface area contributed by atoms with Crippen LogP contribution >= 0.6 is 0 Å². The van der Waals surface area contributed by atoms with E-state index >= 15 is 0 Å². The second-order valence-electron chi connectivity index (χ2n) is 6.01. The number of halogens is 1. The van der Waals surface area contributed by atoms with Gasteiger partial charge >= 0.3 is 0 Å². The predicted molar refractivity (Wildman–Crippen MR) is 88.3 cm³/mol. The van der Waals surface area contributed by atoms with Crippen LogP contribution in [0.15, 0.2) is 42.6 Å². The van der Waals surface area contributed by atoms with E-state index in [2.05, 4.69) is 21.4 Å². The van der Waals surface area contributed by atoms with E-state index in [-0.39, 0.29) is 5.82 Å². The Morgan fingerprint density at radius 3 is 2.78 bits per heavy atom. The van der Waals surface area contributed by atoms with Crippen LogP contribution < -0.4 is 0 Å². The highest BCUT2D eigenvalue weighted by Crippen LogP contribution is 2.31. The number of hydrogen-bond acceptors (Lipinski definition) is 3. The molecule has 5 heteroatoms. The molecule has 1 aromatic carbocycles. The molecule has 118 valence electrons.